The number of rotatable bonds is 7. The number of guanidine groups is 1. The lowest BCUT2D eigenvalue weighted by Gasteiger charge is -2.34. The van der Waals surface area contributed by atoms with E-state index in [-0.39, 0.29) is 11.9 Å². The molecule has 1 aliphatic rings. The normalized spacial score (nSPS) is 17.4. The molecule has 0 bridgehead atoms. The van der Waals surface area contributed by atoms with E-state index in [1.807, 2.05) is 13.8 Å². The summed E-state index contributed by atoms with van der Waals surface area (Å²) in [7, 11) is 0. The van der Waals surface area contributed by atoms with Gasteiger partial charge < -0.3 is 19.7 Å². The van der Waals surface area contributed by atoms with Crippen molar-refractivity contribution >= 4 is 5.96 Å². The van der Waals surface area contributed by atoms with Gasteiger partial charge in [-0.25, -0.2) is 9.38 Å². The Balaban J connectivity index is 1.88. The fraction of sp³-hybridized carbons (Fsp3) is 0.632. The van der Waals surface area contributed by atoms with Crippen molar-refractivity contribution in [2.75, 3.05) is 32.8 Å². The van der Waals surface area contributed by atoms with Gasteiger partial charge in [0, 0.05) is 32.3 Å². The number of nitrogens with zero attached hydrogens (tertiary/aromatic N) is 2. The van der Waals surface area contributed by atoms with Gasteiger partial charge in [0.05, 0.1) is 12.6 Å². The average molecular weight is 351 g/mol. The minimum atomic E-state index is -0.293. The Labute approximate surface area is 150 Å². The van der Waals surface area contributed by atoms with Crippen molar-refractivity contribution in [2.45, 2.75) is 45.8 Å². The van der Waals surface area contributed by atoms with Crippen molar-refractivity contribution in [1.82, 2.24) is 10.2 Å². The smallest absolute Gasteiger partial charge is 0.194 e. The lowest BCUT2D eigenvalue weighted by molar-refractivity contribution is 0.0263. The molecule has 2 rings (SSSR count). The summed E-state index contributed by atoms with van der Waals surface area (Å²) in [5.74, 6) is 1.15. The molecule has 0 aromatic heterocycles. The van der Waals surface area contributed by atoms with Crippen LogP contribution in [0.25, 0.3) is 0 Å². The van der Waals surface area contributed by atoms with Crippen molar-refractivity contribution in [1.29, 1.82) is 0 Å². The zero-order valence-corrected chi connectivity index (χ0v) is 15.5. The van der Waals surface area contributed by atoms with Crippen LogP contribution in [0.1, 0.15) is 33.6 Å². The lowest BCUT2D eigenvalue weighted by atomic mass is 10.1. The molecule has 1 atom stereocenters. The van der Waals surface area contributed by atoms with Crippen LogP contribution in [0.2, 0.25) is 0 Å². The van der Waals surface area contributed by atoms with Gasteiger partial charge in [0.25, 0.3) is 0 Å². The fourth-order valence-corrected chi connectivity index (χ4v) is 2.92. The van der Waals surface area contributed by atoms with Crippen molar-refractivity contribution in [2.24, 2.45) is 4.99 Å². The van der Waals surface area contributed by atoms with E-state index in [9.17, 15) is 4.39 Å². The molecule has 0 spiro atoms. The summed E-state index contributed by atoms with van der Waals surface area (Å²) in [6, 6.07) is 6.20. The number of aliphatic imine (C=N–C) groups is 1. The van der Waals surface area contributed by atoms with Gasteiger partial charge in [0.15, 0.2) is 5.96 Å². The standard InChI is InChI=1S/C19H30FN3O2/c1-4-21-19(23-11-9-17(10-12-23)24-5-2)22-14-15(3)25-18-8-6-7-16(20)13-18/h6-8,13,15,17H,4-5,9-12,14H2,1-3H3,(H,21,22). The van der Waals surface area contributed by atoms with E-state index < -0.39 is 0 Å². The van der Waals surface area contributed by atoms with Crippen LogP contribution >= 0.6 is 0 Å². The van der Waals surface area contributed by atoms with Crippen LogP contribution in [0.5, 0.6) is 5.75 Å². The highest BCUT2D eigenvalue weighted by Gasteiger charge is 2.21. The van der Waals surface area contributed by atoms with E-state index in [1.165, 1.54) is 12.1 Å². The lowest BCUT2D eigenvalue weighted by Crippen LogP contribution is -2.47. The van der Waals surface area contributed by atoms with Crippen LogP contribution < -0.4 is 10.1 Å². The van der Waals surface area contributed by atoms with Crippen molar-refractivity contribution in [3.05, 3.63) is 30.1 Å². The minimum Gasteiger partial charge on any atom is -0.489 e. The van der Waals surface area contributed by atoms with Gasteiger partial charge in [-0.3, -0.25) is 0 Å². The number of hydrogen-bond donors (Lipinski definition) is 1. The zero-order chi connectivity index (χ0) is 18.1. The summed E-state index contributed by atoms with van der Waals surface area (Å²) < 4.78 is 24.7. The molecule has 1 aromatic carbocycles. The molecule has 0 amide bonds. The molecule has 0 radical (unpaired) electrons. The maximum Gasteiger partial charge on any atom is 0.194 e. The number of likely N-dealkylation sites (tertiary alicyclic amines) is 1. The SMILES string of the molecule is CCNC(=NCC(C)Oc1cccc(F)c1)N1CCC(OCC)CC1. The summed E-state index contributed by atoms with van der Waals surface area (Å²) in [5, 5.41) is 3.35. The van der Waals surface area contributed by atoms with Gasteiger partial charge in [-0.05, 0) is 45.7 Å². The van der Waals surface area contributed by atoms with Crippen molar-refractivity contribution in [3.8, 4) is 5.75 Å². The molecule has 1 N–H and O–H groups in total. The van der Waals surface area contributed by atoms with Crippen molar-refractivity contribution < 1.29 is 13.9 Å². The minimum absolute atomic E-state index is 0.128. The monoisotopic (exact) mass is 351 g/mol. The van der Waals surface area contributed by atoms with Gasteiger partial charge >= 0.3 is 0 Å². The first-order chi connectivity index (χ1) is 12.1. The first-order valence-electron chi connectivity index (χ1n) is 9.19. The summed E-state index contributed by atoms with van der Waals surface area (Å²) in [5.41, 5.74) is 0. The Bertz CT molecular complexity index is 545. The highest BCUT2D eigenvalue weighted by Crippen LogP contribution is 2.15. The van der Waals surface area contributed by atoms with E-state index in [1.54, 1.807) is 12.1 Å². The van der Waals surface area contributed by atoms with Crippen LogP contribution in [-0.2, 0) is 4.74 Å². The van der Waals surface area contributed by atoms with E-state index in [4.69, 9.17) is 14.5 Å². The molecule has 1 saturated heterocycles. The van der Waals surface area contributed by atoms with Gasteiger partial charge in [-0.1, -0.05) is 6.07 Å². The van der Waals surface area contributed by atoms with E-state index >= 15 is 0 Å². The van der Waals surface area contributed by atoms with Gasteiger partial charge in [0.2, 0.25) is 0 Å². The third kappa shape index (κ3) is 6.53. The van der Waals surface area contributed by atoms with Crippen LogP contribution in [-0.4, -0.2) is 55.9 Å². The molecule has 0 saturated carbocycles. The van der Waals surface area contributed by atoms with Crippen LogP contribution in [0.4, 0.5) is 4.39 Å². The predicted octanol–water partition coefficient (Wildman–Crippen LogP) is 3.06. The molecular formula is C19H30FN3O2. The molecule has 5 nitrogen and oxygen atoms in total. The molecule has 25 heavy (non-hydrogen) atoms. The molecule has 1 unspecified atom stereocenters. The Morgan fingerprint density at radius 3 is 2.76 bits per heavy atom. The molecule has 1 heterocycles. The molecule has 1 fully saturated rings. The van der Waals surface area contributed by atoms with E-state index in [0.717, 1.165) is 45.0 Å². The number of benzene rings is 1. The van der Waals surface area contributed by atoms with Gasteiger partial charge in [-0.15, -0.1) is 0 Å². The number of hydrogen-bond acceptors (Lipinski definition) is 3. The number of ether oxygens (including phenoxy) is 2. The highest BCUT2D eigenvalue weighted by molar-refractivity contribution is 5.80. The summed E-state index contributed by atoms with van der Waals surface area (Å²) in [4.78, 5) is 6.97. The third-order valence-corrected chi connectivity index (χ3v) is 4.11. The largest absolute Gasteiger partial charge is 0.489 e. The second kappa shape index (κ2) is 10.2. The maximum absolute atomic E-state index is 13.2. The molecule has 140 valence electrons. The molecule has 0 aliphatic carbocycles. The number of piperidine rings is 1. The van der Waals surface area contributed by atoms with Crippen molar-refractivity contribution in [3.63, 3.8) is 0 Å². The topological polar surface area (TPSA) is 46.1 Å². The molecule has 1 aliphatic heterocycles. The van der Waals surface area contributed by atoms with Crippen LogP contribution in [0.15, 0.2) is 29.3 Å². The van der Waals surface area contributed by atoms with Gasteiger partial charge in [-0.2, -0.15) is 0 Å². The first-order valence-corrected chi connectivity index (χ1v) is 9.19. The number of nitrogens with one attached hydrogen (secondary N) is 1. The molecule has 1 aromatic rings. The highest BCUT2D eigenvalue weighted by atomic mass is 19.1. The zero-order valence-electron chi connectivity index (χ0n) is 15.5. The maximum atomic E-state index is 13.2. The van der Waals surface area contributed by atoms with Gasteiger partial charge in [0.1, 0.15) is 17.7 Å². The van der Waals surface area contributed by atoms with Crippen LogP contribution in [0, 0.1) is 5.82 Å². The Morgan fingerprint density at radius 1 is 1.36 bits per heavy atom. The fourth-order valence-electron chi connectivity index (χ4n) is 2.92. The Hall–Kier alpha value is -1.82. The summed E-state index contributed by atoms with van der Waals surface area (Å²) >= 11 is 0. The Kier molecular flexibility index (Phi) is 7.98. The Morgan fingerprint density at radius 2 is 2.12 bits per heavy atom. The third-order valence-electron chi connectivity index (χ3n) is 4.11. The molecular weight excluding hydrogens is 321 g/mol. The first kappa shape index (κ1) is 19.5. The second-order valence-corrected chi connectivity index (χ2v) is 6.22. The second-order valence-electron chi connectivity index (χ2n) is 6.22. The molecule has 6 heteroatoms. The quantitative estimate of drug-likeness (QED) is 0.606. The summed E-state index contributed by atoms with van der Waals surface area (Å²) in [6.45, 7) is 10.0. The predicted molar refractivity (Wildman–Crippen MR) is 98.7 cm³/mol. The summed E-state index contributed by atoms with van der Waals surface area (Å²) in [6.07, 6.45) is 2.28. The van der Waals surface area contributed by atoms with Crippen LogP contribution in [0.3, 0.4) is 0 Å². The average Bonchev–Trinajstić information content (AvgIpc) is 2.60. The van der Waals surface area contributed by atoms with E-state index in [2.05, 4.69) is 17.1 Å². The number of halogens is 1. The van der Waals surface area contributed by atoms with E-state index in [0.29, 0.717) is 18.4 Å².